The number of halogens is 2. The summed E-state index contributed by atoms with van der Waals surface area (Å²) in [6.07, 6.45) is 0. The molecule has 1 nitrogen and oxygen atoms in total. The number of benzene rings is 1. The average Bonchev–Trinajstić information content (AvgIpc) is 2.69. The van der Waals surface area contributed by atoms with E-state index in [1.165, 1.54) is 6.07 Å². The van der Waals surface area contributed by atoms with Gasteiger partial charge in [-0.15, -0.1) is 11.3 Å². The van der Waals surface area contributed by atoms with E-state index in [-0.39, 0.29) is 0 Å². The van der Waals surface area contributed by atoms with Gasteiger partial charge in [-0.25, -0.2) is 8.78 Å². The maximum absolute atomic E-state index is 13.7. The lowest BCUT2D eigenvalue weighted by Gasteiger charge is -2.14. The van der Waals surface area contributed by atoms with Crippen LogP contribution in [0.25, 0.3) is 0 Å². The van der Waals surface area contributed by atoms with Gasteiger partial charge in [0.2, 0.25) is 0 Å². The third kappa shape index (κ3) is 2.23. The lowest BCUT2D eigenvalue weighted by Crippen LogP contribution is -2.14. The molecule has 0 spiro atoms. The van der Waals surface area contributed by atoms with E-state index < -0.39 is 17.7 Å². The van der Waals surface area contributed by atoms with Crippen LogP contribution in [0.1, 0.15) is 27.6 Å². The van der Waals surface area contributed by atoms with Crippen molar-refractivity contribution in [2.75, 3.05) is 0 Å². The Bertz CT molecular complexity index is 548. The van der Waals surface area contributed by atoms with Gasteiger partial charge in [0.05, 0.1) is 6.04 Å². The summed E-state index contributed by atoms with van der Waals surface area (Å²) in [7, 11) is 0. The number of nitrogens with two attached hydrogens (primary N) is 1. The van der Waals surface area contributed by atoms with Gasteiger partial charge in [0.1, 0.15) is 11.6 Å². The van der Waals surface area contributed by atoms with Crippen LogP contribution in [0.4, 0.5) is 8.78 Å². The van der Waals surface area contributed by atoms with Crippen LogP contribution in [-0.2, 0) is 0 Å². The fourth-order valence-corrected chi connectivity index (χ4v) is 2.55. The van der Waals surface area contributed by atoms with Crippen LogP contribution in [0, 0.1) is 25.5 Å². The molecule has 1 aromatic carbocycles. The number of aryl methyl sites for hydroxylation is 2. The number of thiophene rings is 1. The Morgan fingerprint density at radius 1 is 1.12 bits per heavy atom. The molecule has 0 aliphatic carbocycles. The monoisotopic (exact) mass is 253 g/mol. The van der Waals surface area contributed by atoms with Crippen molar-refractivity contribution in [1.82, 2.24) is 0 Å². The molecule has 0 radical (unpaired) electrons. The van der Waals surface area contributed by atoms with E-state index in [4.69, 9.17) is 5.73 Å². The standard InChI is InChI=1S/C13H13F2NS/c1-7-5-10(12(15)6-11(7)14)13(16)9-3-4-17-8(9)2/h3-6,13H,16H2,1-2H3. The summed E-state index contributed by atoms with van der Waals surface area (Å²) in [6.45, 7) is 3.54. The van der Waals surface area contributed by atoms with Crippen molar-refractivity contribution >= 4 is 11.3 Å². The molecule has 0 aliphatic rings. The molecule has 0 fully saturated rings. The third-order valence-corrected chi connectivity index (χ3v) is 3.71. The van der Waals surface area contributed by atoms with E-state index in [2.05, 4.69) is 0 Å². The minimum absolute atomic E-state index is 0.338. The van der Waals surface area contributed by atoms with Crippen molar-refractivity contribution in [3.05, 3.63) is 56.8 Å². The quantitative estimate of drug-likeness (QED) is 0.867. The lowest BCUT2D eigenvalue weighted by molar-refractivity contribution is 0.561. The van der Waals surface area contributed by atoms with Gasteiger partial charge in [0.25, 0.3) is 0 Å². The van der Waals surface area contributed by atoms with Crippen molar-refractivity contribution in [2.45, 2.75) is 19.9 Å². The Hall–Kier alpha value is -1.26. The summed E-state index contributed by atoms with van der Waals surface area (Å²) in [5.41, 5.74) is 7.66. The Morgan fingerprint density at radius 2 is 1.82 bits per heavy atom. The molecule has 1 aromatic heterocycles. The zero-order chi connectivity index (χ0) is 12.6. The van der Waals surface area contributed by atoms with Crippen LogP contribution < -0.4 is 5.73 Å². The second-order valence-electron chi connectivity index (χ2n) is 4.03. The minimum Gasteiger partial charge on any atom is -0.320 e. The minimum atomic E-state index is -0.591. The summed E-state index contributed by atoms with van der Waals surface area (Å²) in [4.78, 5) is 1.05. The molecule has 1 unspecified atom stereocenters. The van der Waals surface area contributed by atoms with Crippen molar-refractivity contribution in [3.8, 4) is 0 Å². The molecule has 90 valence electrons. The fraction of sp³-hybridized carbons (Fsp3) is 0.231. The van der Waals surface area contributed by atoms with Crippen LogP contribution >= 0.6 is 11.3 Å². The van der Waals surface area contributed by atoms with Crippen LogP contribution in [-0.4, -0.2) is 0 Å². The molecule has 0 saturated heterocycles. The average molecular weight is 253 g/mol. The van der Waals surface area contributed by atoms with Gasteiger partial charge in [0, 0.05) is 16.5 Å². The molecule has 1 atom stereocenters. The van der Waals surface area contributed by atoms with Gasteiger partial charge in [-0.2, -0.15) is 0 Å². The lowest BCUT2D eigenvalue weighted by atomic mass is 9.98. The molecule has 0 saturated carbocycles. The number of hydrogen-bond donors (Lipinski definition) is 1. The highest BCUT2D eigenvalue weighted by molar-refractivity contribution is 7.10. The van der Waals surface area contributed by atoms with Gasteiger partial charge >= 0.3 is 0 Å². The van der Waals surface area contributed by atoms with Gasteiger partial charge < -0.3 is 5.73 Å². The van der Waals surface area contributed by atoms with E-state index in [0.717, 1.165) is 16.5 Å². The number of rotatable bonds is 2. The van der Waals surface area contributed by atoms with Gasteiger partial charge in [-0.1, -0.05) is 0 Å². The van der Waals surface area contributed by atoms with E-state index in [9.17, 15) is 8.78 Å². The maximum Gasteiger partial charge on any atom is 0.131 e. The van der Waals surface area contributed by atoms with Crippen molar-refractivity contribution in [2.24, 2.45) is 5.73 Å². The highest BCUT2D eigenvalue weighted by Crippen LogP contribution is 2.28. The summed E-state index contributed by atoms with van der Waals surface area (Å²) in [6, 6.07) is 3.71. The van der Waals surface area contributed by atoms with Crippen LogP contribution in [0.3, 0.4) is 0 Å². The van der Waals surface area contributed by atoms with Crippen LogP contribution in [0.5, 0.6) is 0 Å². The predicted octanol–water partition coefficient (Wildman–Crippen LogP) is 3.69. The molecule has 17 heavy (non-hydrogen) atoms. The van der Waals surface area contributed by atoms with Crippen molar-refractivity contribution in [3.63, 3.8) is 0 Å². The Balaban J connectivity index is 2.48. The zero-order valence-corrected chi connectivity index (χ0v) is 10.4. The topological polar surface area (TPSA) is 26.0 Å². The van der Waals surface area contributed by atoms with Crippen LogP contribution in [0.2, 0.25) is 0 Å². The predicted molar refractivity (Wildman–Crippen MR) is 66.2 cm³/mol. The Morgan fingerprint density at radius 3 is 2.41 bits per heavy atom. The summed E-state index contributed by atoms with van der Waals surface area (Å²) in [5, 5.41) is 1.92. The SMILES string of the molecule is Cc1cc(C(N)c2ccsc2C)c(F)cc1F. The van der Waals surface area contributed by atoms with Gasteiger partial charge in [-0.3, -0.25) is 0 Å². The van der Waals surface area contributed by atoms with E-state index in [0.29, 0.717) is 11.1 Å². The second kappa shape index (κ2) is 4.55. The second-order valence-corrected chi connectivity index (χ2v) is 5.15. The highest BCUT2D eigenvalue weighted by atomic mass is 32.1. The van der Waals surface area contributed by atoms with E-state index in [1.54, 1.807) is 18.3 Å². The van der Waals surface area contributed by atoms with Crippen molar-refractivity contribution < 1.29 is 8.78 Å². The Kier molecular flexibility index (Phi) is 3.26. The molecule has 0 amide bonds. The summed E-state index contributed by atoms with van der Waals surface area (Å²) < 4.78 is 26.9. The molecule has 1 heterocycles. The first-order valence-corrected chi connectivity index (χ1v) is 6.13. The number of hydrogen-bond acceptors (Lipinski definition) is 2. The first kappa shape index (κ1) is 12.2. The van der Waals surface area contributed by atoms with Gasteiger partial charge in [0.15, 0.2) is 0 Å². The molecule has 2 aromatic rings. The normalized spacial score (nSPS) is 12.8. The smallest absolute Gasteiger partial charge is 0.131 e. The Labute approximate surface area is 103 Å². The first-order chi connectivity index (χ1) is 8.00. The zero-order valence-electron chi connectivity index (χ0n) is 9.63. The molecular formula is C13H13F2NS. The summed E-state index contributed by atoms with van der Waals surface area (Å²) >= 11 is 1.56. The molecule has 2 rings (SSSR count). The summed E-state index contributed by atoms with van der Waals surface area (Å²) in [5.74, 6) is -1.13. The van der Waals surface area contributed by atoms with E-state index in [1.807, 2.05) is 18.4 Å². The molecular weight excluding hydrogens is 240 g/mol. The molecule has 0 bridgehead atoms. The third-order valence-electron chi connectivity index (χ3n) is 2.85. The fourth-order valence-electron chi connectivity index (χ4n) is 1.80. The highest BCUT2D eigenvalue weighted by Gasteiger charge is 2.17. The first-order valence-electron chi connectivity index (χ1n) is 5.26. The largest absolute Gasteiger partial charge is 0.320 e. The molecule has 0 aliphatic heterocycles. The molecule has 2 N–H and O–H groups in total. The van der Waals surface area contributed by atoms with Gasteiger partial charge in [-0.05, 0) is 42.5 Å². The van der Waals surface area contributed by atoms with Crippen LogP contribution in [0.15, 0.2) is 23.6 Å². The van der Waals surface area contributed by atoms with Crippen molar-refractivity contribution in [1.29, 1.82) is 0 Å². The van der Waals surface area contributed by atoms with E-state index >= 15 is 0 Å². The molecule has 4 heteroatoms. The maximum atomic E-state index is 13.7.